The molecule has 0 N–H and O–H groups in total. The maximum absolute atomic E-state index is 12.3. The predicted molar refractivity (Wildman–Crippen MR) is 81.3 cm³/mol. The van der Waals surface area contributed by atoms with E-state index in [0.717, 1.165) is 6.42 Å². The minimum absolute atomic E-state index is 0.00810. The highest BCUT2D eigenvalue weighted by Gasteiger charge is 2.24. The summed E-state index contributed by atoms with van der Waals surface area (Å²) >= 11 is 0. The molecular formula is C16H31NO3. The van der Waals surface area contributed by atoms with Crippen molar-refractivity contribution in [2.45, 2.75) is 67.3 Å². The Morgan fingerprint density at radius 1 is 1.15 bits per heavy atom. The van der Waals surface area contributed by atoms with Gasteiger partial charge in [0.25, 0.3) is 0 Å². The van der Waals surface area contributed by atoms with Crippen molar-refractivity contribution < 1.29 is 14.3 Å². The lowest BCUT2D eigenvalue weighted by Crippen LogP contribution is -2.42. The number of hydrogen-bond acceptors (Lipinski definition) is 3. The molecule has 20 heavy (non-hydrogen) atoms. The molecule has 0 aliphatic carbocycles. The van der Waals surface area contributed by atoms with Crippen molar-refractivity contribution in [3.05, 3.63) is 0 Å². The number of esters is 1. The highest BCUT2D eigenvalue weighted by atomic mass is 16.5. The molecule has 4 heteroatoms. The fourth-order valence-corrected chi connectivity index (χ4v) is 2.44. The third-order valence-corrected chi connectivity index (χ3v) is 3.03. The number of hydrogen-bond donors (Lipinski definition) is 0. The van der Waals surface area contributed by atoms with Crippen LogP contribution in [0.5, 0.6) is 0 Å². The molecule has 0 heterocycles. The van der Waals surface area contributed by atoms with E-state index in [1.807, 2.05) is 13.8 Å². The van der Waals surface area contributed by atoms with Gasteiger partial charge >= 0.3 is 5.97 Å². The van der Waals surface area contributed by atoms with Crippen molar-refractivity contribution in [3.63, 3.8) is 0 Å². The first kappa shape index (κ1) is 18.9. The van der Waals surface area contributed by atoms with Crippen LogP contribution in [0.15, 0.2) is 0 Å². The van der Waals surface area contributed by atoms with E-state index in [-0.39, 0.29) is 29.9 Å². The molecule has 0 rings (SSSR count). The van der Waals surface area contributed by atoms with Crippen LogP contribution in [0.3, 0.4) is 0 Å². The number of ether oxygens (including phenoxy) is 1. The Balaban J connectivity index is 4.54. The molecule has 0 fully saturated rings. The number of carbonyl (C=O) groups is 2. The van der Waals surface area contributed by atoms with Gasteiger partial charge in [-0.25, -0.2) is 0 Å². The Kier molecular flexibility index (Phi) is 7.84. The van der Waals surface area contributed by atoms with Crippen LogP contribution in [-0.4, -0.2) is 36.0 Å². The largest absolute Gasteiger partial charge is 0.465 e. The van der Waals surface area contributed by atoms with Crippen LogP contribution in [-0.2, 0) is 14.3 Å². The summed E-state index contributed by atoms with van der Waals surface area (Å²) in [7, 11) is 0. The number of carbonyl (C=O) groups excluding carboxylic acids is 2. The SMILES string of the molecule is CCOC(=O)CN(C(=O)CC(C)CC(C)(C)C)C(C)C. The van der Waals surface area contributed by atoms with E-state index in [1.165, 1.54) is 0 Å². The van der Waals surface area contributed by atoms with Crippen molar-refractivity contribution in [3.8, 4) is 0 Å². The van der Waals surface area contributed by atoms with Gasteiger partial charge in [-0.1, -0.05) is 27.7 Å². The molecule has 0 spiro atoms. The van der Waals surface area contributed by atoms with Crippen LogP contribution in [0.1, 0.15) is 61.3 Å². The molecule has 0 saturated carbocycles. The van der Waals surface area contributed by atoms with Crippen LogP contribution in [0.25, 0.3) is 0 Å². The summed E-state index contributed by atoms with van der Waals surface area (Å²) in [5, 5.41) is 0. The standard InChI is InChI=1S/C16H31NO3/c1-8-20-15(19)11-17(12(2)3)14(18)9-13(4)10-16(5,6)7/h12-13H,8-11H2,1-7H3. The Morgan fingerprint density at radius 3 is 2.10 bits per heavy atom. The molecule has 0 aliphatic rings. The Bertz CT molecular complexity index is 318. The topological polar surface area (TPSA) is 46.6 Å². The molecule has 0 aromatic carbocycles. The second kappa shape index (κ2) is 8.28. The molecule has 1 unspecified atom stereocenters. The minimum Gasteiger partial charge on any atom is -0.465 e. The van der Waals surface area contributed by atoms with E-state index in [0.29, 0.717) is 18.9 Å². The molecule has 4 nitrogen and oxygen atoms in total. The van der Waals surface area contributed by atoms with Crippen molar-refractivity contribution in [2.24, 2.45) is 11.3 Å². The minimum atomic E-state index is -0.335. The highest BCUT2D eigenvalue weighted by Crippen LogP contribution is 2.26. The molecule has 118 valence electrons. The summed E-state index contributed by atoms with van der Waals surface area (Å²) in [6.45, 7) is 14.6. The van der Waals surface area contributed by atoms with E-state index in [1.54, 1.807) is 11.8 Å². The highest BCUT2D eigenvalue weighted by molar-refractivity contribution is 5.82. The molecule has 0 aromatic rings. The van der Waals surface area contributed by atoms with Crippen LogP contribution in [0, 0.1) is 11.3 Å². The van der Waals surface area contributed by atoms with E-state index in [2.05, 4.69) is 27.7 Å². The lowest BCUT2D eigenvalue weighted by Gasteiger charge is -2.29. The van der Waals surface area contributed by atoms with Gasteiger partial charge in [-0.3, -0.25) is 9.59 Å². The Morgan fingerprint density at radius 2 is 1.70 bits per heavy atom. The number of nitrogens with zero attached hydrogens (tertiary/aromatic N) is 1. The lowest BCUT2D eigenvalue weighted by atomic mass is 9.84. The number of rotatable bonds is 7. The summed E-state index contributed by atoms with van der Waals surface area (Å²) in [5.41, 5.74) is 0.212. The molecule has 0 aromatic heterocycles. The van der Waals surface area contributed by atoms with Gasteiger partial charge in [-0.2, -0.15) is 0 Å². The van der Waals surface area contributed by atoms with Crippen molar-refractivity contribution >= 4 is 11.9 Å². The van der Waals surface area contributed by atoms with Gasteiger partial charge in [0.2, 0.25) is 5.91 Å². The first-order valence-electron chi connectivity index (χ1n) is 7.52. The van der Waals surface area contributed by atoms with Gasteiger partial charge in [-0.05, 0) is 38.5 Å². The van der Waals surface area contributed by atoms with Gasteiger partial charge in [0.15, 0.2) is 0 Å². The van der Waals surface area contributed by atoms with Crippen molar-refractivity contribution in [1.29, 1.82) is 0 Å². The van der Waals surface area contributed by atoms with Gasteiger partial charge < -0.3 is 9.64 Å². The maximum Gasteiger partial charge on any atom is 0.325 e. The smallest absolute Gasteiger partial charge is 0.325 e. The third-order valence-electron chi connectivity index (χ3n) is 3.03. The molecule has 0 bridgehead atoms. The zero-order valence-electron chi connectivity index (χ0n) is 14.2. The van der Waals surface area contributed by atoms with Crippen LogP contribution in [0.2, 0.25) is 0 Å². The summed E-state index contributed by atoms with van der Waals surface area (Å²) in [6, 6.07) is 0.00810. The van der Waals surface area contributed by atoms with Crippen LogP contribution >= 0.6 is 0 Å². The predicted octanol–water partition coefficient (Wildman–Crippen LogP) is 3.25. The van der Waals surface area contributed by atoms with Crippen molar-refractivity contribution in [2.75, 3.05) is 13.2 Å². The second-order valence-electron chi connectivity index (χ2n) is 6.99. The molecule has 0 aliphatic heterocycles. The zero-order valence-corrected chi connectivity index (χ0v) is 14.2. The zero-order chi connectivity index (χ0) is 15.9. The average Bonchev–Trinajstić information content (AvgIpc) is 2.22. The van der Waals surface area contributed by atoms with E-state index in [9.17, 15) is 9.59 Å². The summed E-state index contributed by atoms with van der Waals surface area (Å²) in [5.74, 6) is 0.00812. The summed E-state index contributed by atoms with van der Waals surface area (Å²) in [4.78, 5) is 25.5. The Labute approximate surface area is 123 Å². The molecule has 0 radical (unpaired) electrons. The average molecular weight is 285 g/mol. The van der Waals surface area contributed by atoms with Gasteiger partial charge in [-0.15, -0.1) is 0 Å². The quantitative estimate of drug-likeness (QED) is 0.675. The van der Waals surface area contributed by atoms with Crippen molar-refractivity contribution in [1.82, 2.24) is 4.90 Å². The summed E-state index contributed by atoms with van der Waals surface area (Å²) in [6.07, 6.45) is 1.47. The Hall–Kier alpha value is -1.06. The normalized spacial score (nSPS) is 13.2. The van der Waals surface area contributed by atoms with Gasteiger partial charge in [0, 0.05) is 12.5 Å². The number of amides is 1. The molecule has 1 amide bonds. The first-order chi connectivity index (χ1) is 9.06. The lowest BCUT2D eigenvalue weighted by molar-refractivity contribution is -0.150. The van der Waals surface area contributed by atoms with Gasteiger partial charge in [0.1, 0.15) is 6.54 Å². The molecule has 1 atom stereocenters. The monoisotopic (exact) mass is 285 g/mol. The first-order valence-corrected chi connectivity index (χ1v) is 7.52. The van der Waals surface area contributed by atoms with E-state index >= 15 is 0 Å². The summed E-state index contributed by atoms with van der Waals surface area (Å²) < 4.78 is 4.93. The van der Waals surface area contributed by atoms with Crippen LogP contribution < -0.4 is 0 Å². The molecule has 0 saturated heterocycles. The van der Waals surface area contributed by atoms with E-state index < -0.39 is 0 Å². The third kappa shape index (κ3) is 8.18. The van der Waals surface area contributed by atoms with Gasteiger partial charge in [0.05, 0.1) is 6.61 Å². The fraction of sp³-hybridized carbons (Fsp3) is 0.875. The van der Waals surface area contributed by atoms with Crippen LogP contribution in [0.4, 0.5) is 0 Å². The fourth-order valence-electron chi connectivity index (χ4n) is 2.44. The second-order valence-corrected chi connectivity index (χ2v) is 6.99. The maximum atomic E-state index is 12.3. The van der Waals surface area contributed by atoms with E-state index in [4.69, 9.17) is 4.74 Å². The molecular weight excluding hydrogens is 254 g/mol.